The first-order chi connectivity index (χ1) is 13.5. The number of amides is 2. The third-order valence-electron chi connectivity index (χ3n) is 4.04. The minimum absolute atomic E-state index is 0.0972. The Morgan fingerprint density at radius 2 is 1.75 bits per heavy atom. The van der Waals surface area contributed by atoms with Crippen molar-refractivity contribution in [1.82, 2.24) is 10.7 Å². The van der Waals surface area contributed by atoms with Gasteiger partial charge in [0, 0.05) is 24.1 Å². The molecule has 0 fully saturated rings. The number of fused-ring (bicyclic) bond motifs is 1. The van der Waals surface area contributed by atoms with E-state index in [4.69, 9.17) is 23.2 Å². The molecule has 3 aromatic carbocycles. The first kappa shape index (κ1) is 19.9. The molecule has 0 aliphatic heterocycles. The first-order valence-corrected chi connectivity index (χ1v) is 9.33. The van der Waals surface area contributed by atoms with Crippen LogP contribution in [0.15, 0.2) is 65.8 Å². The van der Waals surface area contributed by atoms with Crippen molar-refractivity contribution < 1.29 is 9.59 Å². The summed E-state index contributed by atoms with van der Waals surface area (Å²) in [6, 6.07) is 18.4. The lowest BCUT2D eigenvalue weighted by atomic mass is 10.1. The van der Waals surface area contributed by atoms with Crippen molar-refractivity contribution in [2.75, 3.05) is 6.54 Å². The van der Waals surface area contributed by atoms with Crippen LogP contribution in [0.4, 0.5) is 0 Å². The Kier molecular flexibility index (Phi) is 6.63. The lowest BCUT2D eigenvalue weighted by molar-refractivity contribution is -0.120. The molecular weight excluding hydrogens is 397 g/mol. The number of carbonyl (C=O) groups is 2. The highest BCUT2D eigenvalue weighted by Gasteiger charge is 2.08. The molecule has 3 aromatic rings. The molecule has 0 radical (unpaired) electrons. The topological polar surface area (TPSA) is 70.6 Å². The summed E-state index contributed by atoms with van der Waals surface area (Å²) < 4.78 is 0. The zero-order chi connectivity index (χ0) is 19.9. The summed E-state index contributed by atoms with van der Waals surface area (Å²) in [4.78, 5) is 23.9. The van der Waals surface area contributed by atoms with Crippen LogP contribution >= 0.6 is 23.2 Å². The molecule has 5 nitrogen and oxygen atoms in total. The van der Waals surface area contributed by atoms with Crippen LogP contribution in [0.1, 0.15) is 22.3 Å². The predicted octanol–water partition coefficient (Wildman–Crippen LogP) is 4.42. The Bertz CT molecular complexity index is 1050. The maximum Gasteiger partial charge on any atom is 0.251 e. The van der Waals surface area contributed by atoms with Gasteiger partial charge >= 0.3 is 0 Å². The van der Waals surface area contributed by atoms with Gasteiger partial charge in [-0.3, -0.25) is 9.59 Å². The van der Waals surface area contributed by atoms with Gasteiger partial charge in [-0.1, -0.05) is 65.7 Å². The van der Waals surface area contributed by atoms with Gasteiger partial charge in [-0.2, -0.15) is 5.10 Å². The van der Waals surface area contributed by atoms with Crippen molar-refractivity contribution in [3.8, 4) is 0 Å². The van der Waals surface area contributed by atoms with Crippen LogP contribution in [-0.4, -0.2) is 24.6 Å². The van der Waals surface area contributed by atoms with E-state index in [2.05, 4.69) is 15.8 Å². The average molecular weight is 414 g/mol. The van der Waals surface area contributed by atoms with E-state index in [-0.39, 0.29) is 24.8 Å². The van der Waals surface area contributed by atoms with E-state index in [0.29, 0.717) is 15.6 Å². The van der Waals surface area contributed by atoms with Crippen molar-refractivity contribution in [1.29, 1.82) is 0 Å². The quantitative estimate of drug-likeness (QED) is 0.463. The molecule has 3 rings (SSSR count). The normalized spacial score (nSPS) is 10.9. The lowest BCUT2D eigenvalue weighted by Gasteiger charge is -2.06. The zero-order valence-corrected chi connectivity index (χ0v) is 16.3. The third kappa shape index (κ3) is 5.09. The molecule has 2 N–H and O–H groups in total. The molecule has 0 aliphatic rings. The number of rotatable bonds is 6. The van der Waals surface area contributed by atoms with E-state index >= 15 is 0 Å². The molecule has 0 aliphatic carbocycles. The number of halogens is 2. The smallest absolute Gasteiger partial charge is 0.251 e. The van der Waals surface area contributed by atoms with E-state index < -0.39 is 0 Å². The fourth-order valence-electron chi connectivity index (χ4n) is 2.62. The molecule has 0 aromatic heterocycles. The van der Waals surface area contributed by atoms with E-state index in [1.165, 1.54) is 6.07 Å². The zero-order valence-electron chi connectivity index (χ0n) is 14.8. The second-order valence-electron chi connectivity index (χ2n) is 6.00. The van der Waals surface area contributed by atoms with Crippen LogP contribution in [-0.2, 0) is 4.79 Å². The Labute approximate surface area is 172 Å². The van der Waals surface area contributed by atoms with Gasteiger partial charge in [0.1, 0.15) is 0 Å². The van der Waals surface area contributed by atoms with Crippen molar-refractivity contribution in [3.05, 3.63) is 81.8 Å². The van der Waals surface area contributed by atoms with Crippen molar-refractivity contribution in [3.63, 3.8) is 0 Å². The minimum atomic E-state index is -0.328. The minimum Gasteiger partial charge on any atom is -0.352 e. The van der Waals surface area contributed by atoms with E-state index in [0.717, 1.165) is 16.3 Å². The number of hydrazone groups is 1. The summed E-state index contributed by atoms with van der Waals surface area (Å²) in [6.07, 6.45) is 1.70. The number of nitrogens with one attached hydrogen (secondary N) is 2. The molecule has 0 atom stereocenters. The van der Waals surface area contributed by atoms with Crippen LogP contribution in [0, 0.1) is 0 Å². The van der Waals surface area contributed by atoms with E-state index in [1.807, 2.05) is 42.5 Å². The molecule has 0 spiro atoms. The maximum absolute atomic E-state index is 12.0. The summed E-state index contributed by atoms with van der Waals surface area (Å²) in [5, 5.41) is 9.48. The second kappa shape index (κ2) is 9.35. The van der Waals surface area contributed by atoms with Gasteiger partial charge in [0.2, 0.25) is 5.91 Å². The van der Waals surface area contributed by atoms with Gasteiger partial charge in [0.15, 0.2) is 0 Å². The molecular formula is C21H17Cl2N3O2. The van der Waals surface area contributed by atoms with Crippen molar-refractivity contribution >= 4 is 52.0 Å². The molecule has 0 heterocycles. The summed E-state index contributed by atoms with van der Waals surface area (Å²) in [5.41, 5.74) is 3.75. The molecule has 2 amide bonds. The van der Waals surface area contributed by atoms with Crippen LogP contribution in [0.5, 0.6) is 0 Å². The van der Waals surface area contributed by atoms with Gasteiger partial charge in [-0.15, -0.1) is 0 Å². The van der Waals surface area contributed by atoms with Gasteiger partial charge in [-0.25, -0.2) is 5.43 Å². The van der Waals surface area contributed by atoms with Gasteiger partial charge in [-0.05, 0) is 29.0 Å². The molecule has 0 saturated heterocycles. The number of hydrogen-bond donors (Lipinski definition) is 2. The Morgan fingerprint density at radius 3 is 2.57 bits per heavy atom. The molecule has 28 heavy (non-hydrogen) atoms. The Balaban J connectivity index is 1.48. The van der Waals surface area contributed by atoms with Crippen LogP contribution < -0.4 is 10.7 Å². The monoisotopic (exact) mass is 413 g/mol. The average Bonchev–Trinajstić information content (AvgIpc) is 2.70. The number of benzene rings is 3. The molecule has 7 heteroatoms. The number of nitrogens with zero attached hydrogens (tertiary/aromatic N) is 1. The Morgan fingerprint density at radius 1 is 0.964 bits per heavy atom. The highest BCUT2D eigenvalue weighted by Crippen LogP contribution is 2.22. The fraction of sp³-hybridized carbons (Fsp3) is 0.0952. The van der Waals surface area contributed by atoms with Crippen molar-refractivity contribution in [2.45, 2.75) is 6.42 Å². The first-order valence-electron chi connectivity index (χ1n) is 8.57. The highest BCUT2D eigenvalue weighted by molar-refractivity contribution is 6.42. The fourth-order valence-corrected chi connectivity index (χ4v) is 2.92. The molecule has 0 bridgehead atoms. The highest BCUT2D eigenvalue weighted by atomic mass is 35.5. The molecule has 142 valence electrons. The summed E-state index contributed by atoms with van der Waals surface area (Å²) >= 11 is 11.7. The second-order valence-corrected chi connectivity index (χ2v) is 6.81. The van der Waals surface area contributed by atoms with Gasteiger partial charge in [0.05, 0.1) is 16.3 Å². The van der Waals surface area contributed by atoms with Gasteiger partial charge in [0.25, 0.3) is 5.91 Å². The number of carbonyl (C=O) groups excluding carboxylic acids is 2. The Hall–Kier alpha value is -2.89. The maximum atomic E-state index is 12.0. The summed E-state index contributed by atoms with van der Waals surface area (Å²) in [7, 11) is 0. The summed E-state index contributed by atoms with van der Waals surface area (Å²) in [5.74, 6) is -0.628. The van der Waals surface area contributed by atoms with E-state index in [1.54, 1.807) is 18.3 Å². The van der Waals surface area contributed by atoms with Crippen LogP contribution in [0.3, 0.4) is 0 Å². The number of hydrogen-bond acceptors (Lipinski definition) is 3. The SMILES string of the molecule is O=C(CCNC(=O)c1ccc(Cl)c(Cl)c1)NN=Cc1cccc2ccccc12. The summed E-state index contributed by atoms with van der Waals surface area (Å²) in [6.45, 7) is 0.175. The van der Waals surface area contributed by atoms with E-state index in [9.17, 15) is 9.59 Å². The van der Waals surface area contributed by atoms with Crippen molar-refractivity contribution in [2.24, 2.45) is 5.10 Å². The third-order valence-corrected chi connectivity index (χ3v) is 4.77. The lowest BCUT2D eigenvalue weighted by Crippen LogP contribution is -2.29. The molecule has 0 saturated carbocycles. The standard InChI is InChI=1S/C21H17Cl2N3O2/c22-18-9-8-15(12-19(18)23)21(28)24-11-10-20(27)26-25-13-16-6-3-5-14-4-1-2-7-17(14)16/h1-9,12-13H,10-11H2,(H,24,28)(H,26,27). The van der Waals surface area contributed by atoms with Crippen LogP contribution in [0.2, 0.25) is 10.0 Å². The largest absolute Gasteiger partial charge is 0.352 e. The van der Waals surface area contributed by atoms with Crippen LogP contribution in [0.25, 0.3) is 10.8 Å². The van der Waals surface area contributed by atoms with Gasteiger partial charge < -0.3 is 5.32 Å². The predicted molar refractivity (Wildman–Crippen MR) is 113 cm³/mol. The molecule has 0 unspecified atom stereocenters.